The maximum Gasteiger partial charge on any atom is 0.0940 e. The van der Waals surface area contributed by atoms with E-state index in [0.717, 1.165) is 26.1 Å². The van der Waals surface area contributed by atoms with E-state index in [1.807, 2.05) is 0 Å². The standard InChI is InChI=1S/C10H21N3/c1-3-5-7-13(4-2)8-6-10(12)9-11/h10H,3-8,12H2,1-2H3. The van der Waals surface area contributed by atoms with Crippen LogP contribution in [-0.4, -0.2) is 30.6 Å². The lowest BCUT2D eigenvalue weighted by Crippen LogP contribution is -2.30. The molecule has 0 radical (unpaired) electrons. The van der Waals surface area contributed by atoms with Gasteiger partial charge >= 0.3 is 0 Å². The summed E-state index contributed by atoms with van der Waals surface area (Å²) in [5, 5.41) is 8.50. The summed E-state index contributed by atoms with van der Waals surface area (Å²) < 4.78 is 0. The van der Waals surface area contributed by atoms with E-state index in [0.29, 0.717) is 0 Å². The molecule has 0 spiro atoms. The third kappa shape index (κ3) is 6.56. The van der Waals surface area contributed by atoms with Crippen LogP contribution in [0.2, 0.25) is 0 Å². The Morgan fingerprint density at radius 1 is 1.38 bits per heavy atom. The first kappa shape index (κ1) is 12.4. The van der Waals surface area contributed by atoms with E-state index in [1.54, 1.807) is 0 Å². The maximum atomic E-state index is 8.50. The van der Waals surface area contributed by atoms with Crippen LogP contribution in [0.1, 0.15) is 33.1 Å². The number of nitriles is 1. The fourth-order valence-corrected chi connectivity index (χ4v) is 1.20. The lowest BCUT2D eigenvalue weighted by atomic mass is 10.2. The number of unbranched alkanes of at least 4 members (excludes halogenated alkanes) is 1. The van der Waals surface area contributed by atoms with E-state index < -0.39 is 0 Å². The number of rotatable bonds is 7. The minimum atomic E-state index is -0.296. The molecule has 0 aliphatic rings. The highest BCUT2D eigenvalue weighted by molar-refractivity contribution is 4.86. The molecule has 0 aromatic rings. The summed E-state index contributed by atoms with van der Waals surface area (Å²) in [6.45, 7) is 7.47. The molecule has 3 heteroatoms. The van der Waals surface area contributed by atoms with Crippen LogP contribution in [0.25, 0.3) is 0 Å². The number of hydrogen-bond acceptors (Lipinski definition) is 3. The highest BCUT2D eigenvalue weighted by atomic mass is 15.1. The van der Waals surface area contributed by atoms with Gasteiger partial charge in [-0.1, -0.05) is 20.3 Å². The highest BCUT2D eigenvalue weighted by Crippen LogP contribution is 1.97. The van der Waals surface area contributed by atoms with E-state index >= 15 is 0 Å². The van der Waals surface area contributed by atoms with Gasteiger partial charge in [-0.15, -0.1) is 0 Å². The molecule has 76 valence electrons. The Morgan fingerprint density at radius 2 is 2.08 bits per heavy atom. The van der Waals surface area contributed by atoms with Crippen molar-refractivity contribution in [1.82, 2.24) is 4.90 Å². The van der Waals surface area contributed by atoms with Crippen LogP contribution in [0.5, 0.6) is 0 Å². The Kier molecular flexibility index (Phi) is 7.66. The number of nitrogens with two attached hydrogens (primary N) is 1. The van der Waals surface area contributed by atoms with Crippen molar-refractivity contribution in [3.63, 3.8) is 0 Å². The third-order valence-electron chi connectivity index (χ3n) is 2.20. The van der Waals surface area contributed by atoms with Gasteiger partial charge in [0.1, 0.15) is 0 Å². The zero-order valence-electron chi connectivity index (χ0n) is 8.79. The van der Waals surface area contributed by atoms with E-state index in [2.05, 4.69) is 24.8 Å². The summed E-state index contributed by atoms with van der Waals surface area (Å²) in [5.74, 6) is 0. The van der Waals surface area contributed by atoms with Gasteiger partial charge in [-0.2, -0.15) is 5.26 Å². The number of hydrogen-bond donors (Lipinski definition) is 1. The molecule has 0 aliphatic heterocycles. The predicted octanol–water partition coefficient (Wildman–Crippen LogP) is 1.35. The summed E-state index contributed by atoms with van der Waals surface area (Å²) in [6, 6.07) is 1.76. The van der Waals surface area contributed by atoms with E-state index in [1.165, 1.54) is 12.8 Å². The van der Waals surface area contributed by atoms with Gasteiger partial charge in [0, 0.05) is 6.54 Å². The molecule has 2 N–H and O–H groups in total. The van der Waals surface area contributed by atoms with Crippen LogP contribution in [0, 0.1) is 11.3 Å². The van der Waals surface area contributed by atoms with Crippen molar-refractivity contribution in [3.8, 4) is 6.07 Å². The second-order valence-electron chi connectivity index (χ2n) is 3.31. The molecule has 0 saturated heterocycles. The predicted molar refractivity (Wildman–Crippen MR) is 55.2 cm³/mol. The molecular formula is C10H21N3. The van der Waals surface area contributed by atoms with Gasteiger partial charge in [0.2, 0.25) is 0 Å². The second-order valence-corrected chi connectivity index (χ2v) is 3.31. The van der Waals surface area contributed by atoms with Crippen molar-refractivity contribution in [3.05, 3.63) is 0 Å². The van der Waals surface area contributed by atoms with Gasteiger partial charge in [0.05, 0.1) is 12.1 Å². The van der Waals surface area contributed by atoms with Crippen molar-refractivity contribution >= 4 is 0 Å². The zero-order chi connectivity index (χ0) is 10.1. The van der Waals surface area contributed by atoms with Crippen molar-refractivity contribution in [2.24, 2.45) is 5.73 Å². The van der Waals surface area contributed by atoms with Gasteiger partial charge in [-0.3, -0.25) is 0 Å². The molecule has 0 aliphatic carbocycles. The van der Waals surface area contributed by atoms with Crippen LogP contribution in [0.15, 0.2) is 0 Å². The molecule has 0 rings (SSSR count). The maximum absolute atomic E-state index is 8.50. The lowest BCUT2D eigenvalue weighted by Gasteiger charge is -2.20. The summed E-state index contributed by atoms with van der Waals surface area (Å²) in [7, 11) is 0. The van der Waals surface area contributed by atoms with Crippen molar-refractivity contribution in [2.45, 2.75) is 39.2 Å². The fourth-order valence-electron chi connectivity index (χ4n) is 1.20. The monoisotopic (exact) mass is 183 g/mol. The minimum Gasteiger partial charge on any atom is -0.316 e. The molecule has 13 heavy (non-hydrogen) atoms. The second kappa shape index (κ2) is 8.03. The van der Waals surface area contributed by atoms with Crippen LogP contribution in [0.3, 0.4) is 0 Å². The molecular weight excluding hydrogens is 162 g/mol. The minimum absolute atomic E-state index is 0.296. The topological polar surface area (TPSA) is 53.0 Å². The molecule has 1 unspecified atom stereocenters. The smallest absolute Gasteiger partial charge is 0.0940 e. The first-order chi connectivity index (χ1) is 6.24. The Labute approximate surface area is 81.5 Å². The average Bonchev–Trinajstić information content (AvgIpc) is 2.17. The Balaban J connectivity index is 3.54. The summed E-state index contributed by atoms with van der Waals surface area (Å²) in [5.41, 5.74) is 5.52. The molecule has 0 aromatic carbocycles. The summed E-state index contributed by atoms with van der Waals surface area (Å²) in [4.78, 5) is 2.35. The summed E-state index contributed by atoms with van der Waals surface area (Å²) in [6.07, 6.45) is 3.24. The van der Waals surface area contributed by atoms with Crippen LogP contribution < -0.4 is 5.73 Å². The Hall–Kier alpha value is -0.590. The lowest BCUT2D eigenvalue weighted by molar-refractivity contribution is 0.277. The quantitative estimate of drug-likeness (QED) is 0.648. The normalized spacial score (nSPS) is 12.8. The first-order valence-corrected chi connectivity index (χ1v) is 5.12. The summed E-state index contributed by atoms with van der Waals surface area (Å²) >= 11 is 0. The number of nitrogens with zero attached hydrogens (tertiary/aromatic N) is 2. The molecule has 0 fully saturated rings. The van der Waals surface area contributed by atoms with Gasteiger partial charge in [-0.05, 0) is 25.9 Å². The highest BCUT2D eigenvalue weighted by Gasteiger charge is 2.04. The average molecular weight is 183 g/mol. The van der Waals surface area contributed by atoms with Crippen LogP contribution >= 0.6 is 0 Å². The molecule has 0 bridgehead atoms. The van der Waals surface area contributed by atoms with Gasteiger partial charge in [0.25, 0.3) is 0 Å². The van der Waals surface area contributed by atoms with E-state index in [4.69, 9.17) is 11.0 Å². The molecule has 0 heterocycles. The Morgan fingerprint density at radius 3 is 2.54 bits per heavy atom. The Bertz CT molecular complexity index is 151. The van der Waals surface area contributed by atoms with Gasteiger partial charge in [0.15, 0.2) is 0 Å². The van der Waals surface area contributed by atoms with E-state index in [-0.39, 0.29) is 6.04 Å². The van der Waals surface area contributed by atoms with Crippen molar-refractivity contribution < 1.29 is 0 Å². The SMILES string of the molecule is CCCCN(CC)CCC(N)C#N. The van der Waals surface area contributed by atoms with E-state index in [9.17, 15) is 0 Å². The molecule has 3 nitrogen and oxygen atoms in total. The zero-order valence-corrected chi connectivity index (χ0v) is 8.79. The van der Waals surface area contributed by atoms with Crippen molar-refractivity contribution in [2.75, 3.05) is 19.6 Å². The van der Waals surface area contributed by atoms with Crippen molar-refractivity contribution in [1.29, 1.82) is 5.26 Å². The first-order valence-electron chi connectivity index (χ1n) is 5.12. The largest absolute Gasteiger partial charge is 0.316 e. The van der Waals surface area contributed by atoms with Crippen LogP contribution in [0.4, 0.5) is 0 Å². The molecule has 0 aromatic heterocycles. The van der Waals surface area contributed by atoms with Crippen LogP contribution in [-0.2, 0) is 0 Å². The van der Waals surface area contributed by atoms with Gasteiger partial charge in [-0.25, -0.2) is 0 Å². The fraction of sp³-hybridized carbons (Fsp3) is 0.900. The third-order valence-corrected chi connectivity index (χ3v) is 2.20. The molecule has 0 saturated carbocycles. The van der Waals surface area contributed by atoms with Gasteiger partial charge < -0.3 is 10.6 Å². The molecule has 1 atom stereocenters. The molecule has 0 amide bonds.